The number of aryl methyl sites for hydroxylation is 1. The summed E-state index contributed by atoms with van der Waals surface area (Å²) in [6.07, 6.45) is 16.5. The van der Waals surface area contributed by atoms with Crippen molar-refractivity contribution in [2.45, 2.75) is 97.3 Å². The fourth-order valence-electron chi connectivity index (χ4n) is 3.91. The highest BCUT2D eigenvalue weighted by Crippen LogP contribution is 2.26. The first-order valence-corrected chi connectivity index (χ1v) is 12.2. The second-order valence-corrected chi connectivity index (χ2v) is 8.89. The van der Waals surface area contributed by atoms with Crippen LogP contribution in [0.1, 0.15) is 102 Å². The Bertz CT molecular complexity index is 756. The number of hydrogen-bond acceptors (Lipinski definition) is 3. The Morgan fingerprint density at radius 3 is 2.16 bits per heavy atom. The molecule has 0 saturated carbocycles. The predicted molar refractivity (Wildman–Crippen MR) is 128 cm³/mol. The van der Waals surface area contributed by atoms with E-state index in [1.165, 1.54) is 44.1 Å². The zero-order valence-corrected chi connectivity index (χ0v) is 19.6. The van der Waals surface area contributed by atoms with Crippen molar-refractivity contribution in [3.8, 4) is 11.4 Å². The van der Waals surface area contributed by atoms with Gasteiger partial charge in [-0.3, -0.25) is 4.79 Å². The quantitative estimate of drug-likeness (QED) is 0.302. The summed E-state index contributed by atoms with van der Waals surface area (Å²) < 4.78 is 0. The van der Waals surface area contributed by atoms with Gasteiger partial charge >= 0.3 is 5.97 Å². The minimum atomic E-state index is -0.743. The molecular formula is C27H40N2O2. The van der Waals surface area contributed by atoms with Crippen LogP contribution in [0.5, 0.6) is 0 Å². The van der Waals surface area contributed by atoms with Gasteiger partial charge in [-0.15, -0.1) is 0 Å². The molecule has 0 amide bonds. The first-order chi connectivity index (χ1) is 15.0. The number of rotatable bonds is 15. The molecular weight excluding hydrogens is 384 g/mol. The first-order valence-electron chi connectivity index (χ1n) is 12.2. The molecule has 0 radical (unpaired) electrons. The van der Waals surface area contributed by atoms with Gasteiger partial charge in [0, 0.05) is 18.0 Å². The molecule has 1 N–H and O–H groups in total. The molecule has 2 rings (SSSR count). The number of carboxylic acid groups (broad SMARTS) is 1. The van der Waals surface area contributed by atoms with Crippen molar-refractivity contribution in [2.24, 2.45) is 5.92 Å². The normalized spacial score (nSPS) is 13.1. The predicted octanol–water partition coefficient (Wildman–Crippen LogP) is 7.43. The van der Waals surface area contributed by atoms with Crippen LogP contribution in [0.15, 0.2) is 36.7 Å². The van der Waals surface area contributed by atoms with E-state index in [-0.39, 0.29) is 0 Å². The van der Waals surface area contributed by atoms with Crippen LogP contribution in [0.4, 0.5) is 0 Å². The summed E-state index contributed by atoms with van der Waals surface area (Å²) in [7, 11) is 0. The van der Waals surface area contributed by atoms with Crippen LogP contribution in [0, 0.1) is 5.92 Å². The maximum Gasteiger partial charge on any atom is 0.310 e. The van der Waals surface area contributed by atoms with E-state index < -0.39 is 11.9 Å². The lowest BCUT2D eigenvalue weighted by Crippen LogP contribution is -2.12. The second kappa shape index (κ2) is 14.0. The van der Waals surface area contributed by atoms with E-state index in [0.29, 0.717) is 18.2 Å². The Hall–Kier alpha value is -2.23. The highest BCUT2D eigenvalue weighted by molar-refractivity contribution is 5.76. The molecule has 2 atom stereocenters. The number of hydrogen-bond donors (Lipinski definition) is 1. The van der Waals surface area contributed by atoms with Crippen LogP contribution in [-0.2, 0) is 11.2 Å². The molecule has 0 fully saturated rings. The molecule has 31 heavy (non-hydrogen) atoms. The van der Waals surface area contributed by atoms with Gasteiger partial charge in [0.05, 0.1) is 5.92 Å². The van der Waals surface area contributed by atoms with Gasteiger partial charge < -0.3 is 5.11 Å². The molecule has 1 aromatic heterocycles. The highest BCUT2D eigenvalue weighted by Gasteiger charge is 2.20. The summed E-state index contributed by atoms with van der Waals surface area (Å²) in [6.45, 7) is 6.65. The summed E-state index contributed by atoms with van der Waals surface area (Å²) in [5.41, 5.74) is 2.97. The molecule has 0 saturated heterocycles. The van der Waals surface area contributed by atoms with Crippen LogP contribution < -0.4 is 0 Å². The highest BCUT2D eigenvalue weighted by atomic mass is 16.4. The summed E-state index contributed by atoms with van der Waals surface area (Å²) in [5, 5.41) is 9.67. The number of aromatic nitrogens is 2. The van der Waals surface area contributed by atoms with Gasteiger partial charge in [-0.2, -0.15) is 0 Å². The van der Waals surface area contributed by atoms with Gasteiger partial charge in [0.1, 0.15) is 0 Å². The fraction of sp³-hybridized carbons (Fsp3) is 0.593. The maximum atomic E-state index is 11.8. The molecule has 0 spiro atoms. The zero-order chi connectivity index (χ0) is 22.5. The maximum absolute atomic E-state index is 11.8. The largest absolute Gasteiger partial charge is 0.481 e. The third kappa shape index (κ3) is 8.80. The van der Waals surface area contributed by atoms with Crippen molar-refractivity contribution in [2.75, 3.05) is 0 Å². The second-order valence-electron chi connectivity index (χ2n) is 8.89. The Kier molecular flexibility index (Phi) is 11.3. The average Bonchev–Trinajstić information content (AvgIpc) is 2.79. The van der Waals surface area contributed by atoms with Crippen molar-refractivity contribution in [3.63, 3.8) is 0 Å². The lowest BCUT2D eigenvalue weighted by molar-refractivity contribution is -0.139. The van der Waals surface area contributed by atoms with Crippen molar-refractivity contribution < 1.29 is 9.90 Å². The summed E-state index contributed by atoms with van der Waals surface area (Å²) in [5.74, 6) is 0.158. The Labute approximate surface area is 188 Å². The van der Waals surface area contributed by atoms with Gasteiger partial charge in [0.2, 0.25) is 0 Å². The van der Waals surface area contributed by atoms with Gasteiger partial charge in [-0.25, -0.2) is 9.97 Å². The van der Waals surface area contributed by atoms with Crippen molar-refractivity contribution >= 4 is 5.97 Å². The average molecular weight is 425 g/mol. The van der Waals surface area contributed by atoms with E-state index in [1.54, 1.807) is 0 Å². The molecule has 0 aliphatic carbocycles. The molecule has 0 bridgehead atoms. The van der Waals surface area contributed by atoms with Gasteiger partial charge in [0.25, 0.3) is 0 Å². The third-order valence-corrected chi connectivity index (χ3v) is 6.28. The topological polar surface area (TPSA) is 63.1 Å². The molecule has 2 aromatic rings. The number of nitrogens with zero attached hydrogens (tertiary/aromatic N) is 2. The van der Waals surface area contributed by atoms with Crippen molar-refractivity contribution in [1.29, 1.82) is 0 Å². The van der Waals surface area contributed by atoms with E-state index in [9.17, 15) is 9.90 Å². The smallest absolute Gasteiger partial charge is 0.310 e. The monoisotopic (exact) mass is 424 g/mol. The lowest BCUT2D eigenvalue weighted by Gasteiger charge is -2.15. The molecule has 1 heterocycles. The molecule has 4 nitrogen and oxygen atoms in total. The molecule has 170 valence electrons. The van der Waals surface area contributed by atoms with Gasteiger partial charge in [0.15, 0.2) is 5.82 Å². The SMILES string of the molecule is CCCCCCCCc1cnc(-c2ccc([C@H](CCCC(C)CC)C(=O)O)cc2)nc1. The summed E-state index contributed by atoms with van der Waals surface area (Å²) in [6, 6.07) is 7.74. The number of benzene rings is 1. The van der Waals surface area contributed by atoms with E-state index in [2.05, 4.69) is 30.7 Å². The summed E-state index contributed by atoms with van der Waals surface area (Å²) in [4.78, 5) is 20.8. The van der Waals surface area contributed by atoms with E-state index >= 15 is 0 Å². The number of carboxylic acids is 1. The molecule has 0 aliphatic rings. The fourth-order valence-corrected chi connectivity index (χ4v) is 3.91. The number of carbonyl (C=O) groups is 1. The van der Waals surface area contributed by atoms with E-state index in [0.717, 1.165) is 36.8 Å². The van der Waals surface area contributed by atoms with Crippen LogP contribution in [0.2, 0.25) is 0 Å². The molecule has 1 unspecified atom stereocenters. The molecule has 4 heteroatoms. The Morgan fingerprint density at radius 2 is 1.55 bits per heavy atom. The third-order valence-electron chi connectivity index (χ3n) is 6.28. The van der Waals surface area contributed by atoms with Gasteiger partial charge in [-0.05, 0) is 36.3 Å². The minimum absolute atomic E-state index is 0.446. The van der Waals surface area contributed by atoms with E-state index in [4.69, 9.17) is 0 Å². The number of unbranched alkanes of at least 4 members (excludes halogenated alkanes) is 5. The Balaban J connectivity index is 1.90. The van der Waals surface area contributed by atoms with Crippen LogP contribution >= 0.6 is 0 Å². The standard InChI is InChI=1S/C27H40N2O2/c1-4-6-7-8-9-10-13-22-19-28-26(29-20-22)24-17-15-23(16-18-24)25(27(30)31)14-11-12-21(3)5-2/h15-21,25H,4-14H2,1-3H3,(H,30,31)/t21?,25-/m0/s1. The van der Waals surface area contributed by atoms with Crippen LogP contribution in [0.3, 0.4) is 0 Å². The van der Waals surface area contributed by atoms with Crippen LogP contribution in [0.25, 0.3) is 11.4 Å². The lowest BCUT2D eigenvalue weighted by atomic mass is 9.90. The molecule has 1 aromatic carbocycles. The minimum Gasteiger partial charge on any atom is -0.481 e. The van der Waals surface area contributed by atoms with Crippen molar-refractivity contribution in [1.82, 2.24) is 9.97 Å². The zero-order valence-electron chi connectivity index (χ0n) is 19.6. The van der Waals surface area contributed by atoms with Gasteiger partial charge in [-0.1, -0.05) is 96.4 Å². The summed E-state index contributed by atoms with van der Waals surface area (Å²) >= 11 is 0. The number of aliphatic carboxylic acids is 1. The molecule has 0 aliphatic heterocycles. The van der Waals surface area contributed by atoms with Crippen LogP contribution in [-0.4, -0.2) is 21.0 Å². The Morgan fingerprint density at radius 1 is 0.903 bits per heavy atom. The van der Waals surface area contributed by atoms with E-state index in [1.807, 2.05) is 36.7 Å². The first kappa shape index (κ1) is 25.0. The van der Waals surface area contributed by atoms with Crippen molar-refractivity contribution in [3.05, 3.63) is 47.8 Å².